The fourth-order valence-corrected chi connectivity index (χ4v) is 7.53. The Labute approximate surface area is 222 Å². The van der Waals surface area contributed by atoms with Crippen LogP contribution in [0.25, 0.3) is 10.8 Å². The van der Waals surface area contributed by atoms with Crippen molar-refractivity contribution in [3.8, 4) is 0 Å². The summed E-state index contributed by atoms with van der Waals surface area (Å²) >= 11 is 0. The van der Waals surface area contributed by atoms with E-state index in [1.165, 1.54) is 28.6 Å². The lowest BCUT2D eigenvalue weighted by Gasteiger charge is -2.18. The summed E-state index contributed by atoms with van der Waals surface area (Å²) < 4.78 is 55.7. The second-order valence-corrected chi connectivity index (χ2v) is 12.8. The second-order valence-electron chi connectivity index (χ2n) is 9.31. The minimum absolute atomic E-state index is 0.0726. The third kappa shape index (κ3) is 4.84. The quantitative estimate of drug-likeness (QED) is 0.314. The van der Waals surface area contributed by atoms with Gasteiger partial charge in [0.05, 0.1) is 21.2 Å². The predicted molar refractivity (Wildman–Crippen MR) is 150 cm³/mol. The standard InChI is InChI=1S/C28H27N3O5S2/c1-19-11-16-24(20(2)18-19)30-37(33,34)23-14-12-22(13-15-23)29-27(32)10-5-17-31-25-8-3-6-21-7-4-9-26(28(21)25)38(31,35)36/h3-4,6-9,11-16,18,30H,5,10,17H2,1-2H3,(H,29,32). The van der Waals surface area contributed by atoms with Crippen LogP contribution in [0, 0.1) is 13.8 Å². The molecule has 0 saturated carbocycles. The van der Waals surface area contributed by atoms with E-state index in [0.29, 0.717) is 28.9 Å². The molecule has 0 aromatic heterocycles. The number of sulfonamides is 2. The molecule has 0 unspecified atom stereocenters. The van der Waals surface area contributed by atoms with E-state index in [-0.39, 0.29) is 28.7 Å². The van der Waals surface area contributed by atoms with E-state index >= 15 is 0 Å². The maximum Gasteiger partial charge on any atom is 0.265 e. The van der Waals surface area contributed by atoms with E-state index in [2.05, 4.69) is 10.0 Å². The van der Waals surface area contributed by atoms with Crippen molar-refractivity contribution >= 4 is 53.8 Å². The first-order valence-electron chi connectivity index (χ1n) is 12.1. The Morgan fingerprint density at radius 2 is 1.63 bits per heavy atom. The van der Waals surface area contributed by atoms with Gasteiger partial charge in [-0.3, -0.25) is 13.8 Å². The van der Waals surface area contributed by atoms with Gasteiger partial charge in [-0.25, -0.2) is 16.8 Å². The van der Waals surface area contributed by atoms with Crippen LogP contribution in [0.3, 0.4) is 0 Å². The van der Waals surface area contributed by atoms with E-state index in [1.807, 2.05) is 44.2 Å². The van der Waals surface area contributed by atoms with E-state index in [0.717, 1.165) is 16.5 Å². The van der Waals surface area contributed by atoms with E-state index in [1.54, 1.807) is 24.3 Å². The van der Waals surface area contributed by atoms with E-state index in [4.69, 9.17) is 0 Å². The molecule has 0 bridgehead atoms. The first kappa shape index (κ1) is 25.7. The Morgan fingerprint density at radius 1 is 0.921 bits per heavy atom. The van der Waals surface area contributed by atoms with Crippen LogP contribution in [-0.4, -0.2) is 29.3 Å². The third-order valence-corrected chi connectivity index (χ3v) is 9.76. The maximum atomic E-state index is 13.1. The number of benzene rings is 4. The van der Waals surface area contributed by atoms with Gasteiger partial charge in [0.25, 0.3) is 20.0 Å². The summed E-state index contributed by atoms with van der Waals surface area (Å²) in [4.78, 5) is 12.9. The number of nitrogens with one attached hydrogen (secondary N) is 2. The number of rotatable bonds is 8. The number of hydrogen-bond acceptors (Lipinski definition) is 5. The molecule has 8 nitrogen and oxygen atoms in total. The van der Waals surface area contributed by atoms with Gasteiger partial charge in [0, 0.05) is 24.0 Å². The lowest BCUT2D eigenvalue weighted by atomic mass is 10.1. The number of hydrogen-bond donors (Lipinski definition) is 2. The summed E-state index contributed by atoms with van der Waals surface area (Å²) in [6.07, 6.45) is 0.425. The Hall–Kier alpha value is -3.89. The molecule has 0 spiro atoms. The molecule has 5 rings (SSSR count). The summed E-state index contributed by atoms with van der Waals surface area (Å²) in [6, 6.07) is 22.1. The molecular weight excluding hydrogens is 522 g/mol. The van der Waals surface area contributed by atoms with Gasteiger partial charge < -0.3 is 5.32 Å². The van der Waals surface area contributed by atoms with Gasteiger partial charge >= 0.3 is 0 Å². The highest BCUT2D eigenvalue weighted by molar-refractivity contribution is 7.93. The number of aryl methyl sites for hydroxylation is 2. The number of carbonyl (C=O) groups is 1. The molecule has 0 atom stereocenters. The van der Waals surface area contributed by atoms with Gasteiger partial charge in [0.1, 0.15) is 0 Å². The summed E-state index contributed by atoms with van der Waals surface area (Å²) in [5.74, 6) is -0.290. The van der Waals surface area contributed by atoms with Crippen LogP contribution in [0.2, 0.25) is 0 Å². The van der Waals surface area contributed by atoms with Crippen molar-refractivity contribution in [2.24, 2.45) is 0 Å². The summed E-state index contributed by atoms with van der Waals surface area (Å²) in [5.41, 5.74) is 3.44. The molecule has 1 heterocycles. The zero-order valence-electron chi connectivity index (χ0n) is 20.9. The maximum absolute atomic E-state index is 13.1. The van der Waals surface area contributed by atoms with Crippen LogP contribution in [0.5, 0.6) is 0 Å². The van der Waals surface area contributed by atoms with Crippen molar-refractivity contribution in [1.29, 1.82) is 0 Å². The molecule has 10 heteroatoms. The molecule has 1 amide bonds. The smallest absolute Gasteiger partial charge is 0.265 e. The van der Waals surface area contributed by atoms with Crippen LogP contribution in [-0.2, 0) is 24.8 Å². The van der Waals surface area contributed by atoms with Crippen molar-refractivity contribution in [2.75, 3.05) is 20.9 Å². The monoisotopic (exact) mass is 549 g/mol. The molecule has 196 valence electrons. The van der Waals surface area contributed by atoms with Crippen LogP contribution < -0.4 is 14.3 Å². The minimum atomic E-state index is -3.79. The van der Waals surface area contributed by atoms with E-state index < -0.39 is 20.0 Å². The summed E-state index contributed by atoms with van der Waals surface area (Å²) in [7, 11) is -7.46. The molecule has 2 N–H and O–H groups in total. The topological polar surface area (TPSA) is 113 Å². The van der Waals surface area contributed by atoms with Gasteiger partial charge in [0.2, 0.25) is 5.91 Å². The molecule has 1 aliphatic heterocycles. The predicted octanol–water partition coefficient (Wildman–Crippen LogP) is 5.19. The van der Waals surface area contributed by atoms with Gasteiger partial charge in [-0.05, 0) is 73.7 Å². The molecule has 0 aliphatic carbocycles. The molecule has 1 aliphatic rings. The molecule has 0 saturated heterocycles. The second kappa shape index (κ2) is 9.77. The average Bonchev–Trinajstić information content (AvgIpc) is 3.09. The number of anilines is 3. The molecule has 38 heavy (non-hydrogen) atoms. The minimum Gasteiger partial charge on any atom is -0.326 e. The number of nitrogens with zero attached hydrogens (tertiary/aromatic N) is 1. The Morgan fingerprint density at radius 3 is 2.34 bits per heavy atom. The third-order valence-electron chi connectivity index (χ3n) is 6.52. The highest BCUT2D eigenvalue weighted by Crippen LogP contribution is 2.42. The molecular formula is C28H27N3O5S2. The zero-order valence-corrected chi connectivity index (χ0v) is 22.6. The highest BCUT2D eigenvalue weighted by Gasteiger charge is 2.35. The number of carbonyl (C=O) groups excluding carboxylic acids is 1. The van der Waals surface area contributed by atoms with Crippen molar-refractivity contribution in [2.45, 2.75) is 36.5 Å². The molecule has 4 aromatic carbocycles. The summed E-state index contributed by atoms with van der Waals surface area (Å²) in [6.45, 7) is 3.94. The normalized spacial score (nSPS) is 14.0. The van der Waals surface area contributed by atoms with Gasteiger partial charge in [-0.15, -0.1) is 0 Å². The van der Waals surface area contributed by atoms with Gasteiger partial charge in [-0.1, -0.05) is 42.0 Å². The Balaban J connectivity index is 1.19. The first-order valence-corrected chi connectivity index (χ1v) is 15.0. The molecule has 0 fully saturated rings. The van der Waals surface area contributed by atoms with Crippen molar-refractivity contribution < 1.29 is 21.6 Å². The van der Waals surface area contributed by atoms with Crippen molar-refractivity contribution in [3.63, 3.8) is 0 Å². The summed E-state index contributed by atoms with van der Waals surface area (Å²) in [5, 5.41) is 4.32. The first-order chi connectivity index (χ1) is 18.1. The fourth-order valence-electron chi connectivity index (χ4n) is 4.65. The highest BCUT2D eigenvalue weighted by atomic mass is 32.2. The lowest BCUT2D eigenvalue weighted by molar-refractivity contribution is -0.116. The lowest BCUT2D eigenvalue weighted by Crippen LogP contribution is -2.28. The average molecular weight is 550 g/mol. The van der Waals surface area contributed by atoms with Gasteiger partial charge in [-0.2, -0.15) is 0 Å². The van der Waals surface area contributed by atoms with E-state index in [9.17, 15) is 21.6 Å². The molecule has 4 aromatic rings. The number of amides is 1. The van der Waals surface area contributed by atoms with Gasteiger partial charge in [0.15, 0.2) is 0 Å². The van der Waals surface area contributed by atoms with Crippen molar-refractivity contribution in [1.82, 2.24) is 0 Å². The largest absolute Gasteiger partial charge is 0.326 e. The SMILES string of the molecule is Cc1ccc(NS(=O)(=O)c2ccc(NC(=O)CCCN3c4cccc5cccc(c45)S3(=O)=O)cc2)c(C)c1. The van der Waals surface area contributed by atoms with Crippen LogP contribution in [0.1, 0.15) is 24.0 Å². The van der Waals surface area contributed by atoms with Crippen LogP contribution >= 0.6 is 0 Å². The van der Waals surface area contributed by atoms with Crippen molar-refractivity contribution in [3.05, 3.63) is 90.0 Å². The van der Waals surface area contributed by atoms with Crippen LogP contribution in [0.4, 0.5) is 17.1 Å². The fraction of sp³-hybridized carbons (Fsp3) is 0.179. The van der Waals surface area contributed by atoms with Crippen LogP contribution in [0.15, 0.2) is 88.7 Å². The molecule has 0 radical (unpaired) electrons. The Kier molecular flexibility index (Phi) is 6.62. The Bertz CT molecular complexity index is 1760. The zero-order chi connectivity index (χ0) is 27.1.